The highest BCUT2D eigenvalue weighted by Crippen LogP contribution is 2.35. The summed E-state index contributed by atoms with van der Waals surface area (Å²) in [4.78, 5) is 10.4. The van der Waals surface area contributed by atoms with E-state index in [1.165, 1.54) is 38.5 Å². The second-order valence-corrected chi connectivity index (χ2v) is 7.04. The van der Waals surface area contributed by atoms with Gasteiger partial charge in [-0.2, -0.15) is 13.5 Å². The van der Waals surface area contributed by atoms with Crippen LogP contribution in [0, 0.1) is 17.0 Å². The Hall–Kier alpha value is -3.75. The maximum atomic E-state index is 11.1. The van der Waals surface area contributed by atoms with Gasteiger partial charge < -0.3 is 15.2 Å². The van der Waals surface area contributed by atoms with E-state index < -0.39 is 15.0 Å². The molecule has 0 radical (unpaired) electrons. The Morgan fingerprint density at radius 2 is 1.71 bits per heavy atom. The van der Waals surface area contributed by atoms with Crippen molar-refractivity contribution >= 4 is 28.0 Å². The van der Waals surface area contributed by atoms with Crippen molar-refractivity contribution in [3.05, 3.63) is 57.6 Å². The van der Waals surface area contributed by atoms with Gasteiger partial charge in [-0.25, -0.2) is 5.48 Å². The van der Waals surface area contributed by atoms with Crippen LogP contribution < -0.4 is 20.7 Å². The quantitative estimate of drug-likeness (QED) is 0.163. The van der Waals surface area contributed by atoms with E-state index >= 15 is 0 Å². The number of hydrogen-bond acceptors (Lipinski definition) is 9. The molecule has 31 heavy (non-hydrogen) atoms. The minimum atomic E-state index is -4.02. The van der Waals surface area contributed by atoms with Gasteiger partial charge in [0.25, 0.3) is 10.1 Å². The van der Waals surface area contributed by atoms with Gasteiger partial charge in [0.15, 0.2) is 5.75 Å². The molecule has 0 fully saturated rings. The van der Waals surface area contributed by atoms with Gasteiger partial charge in [0.2, 0.25) is 5.96 Å². The van der Waals surface area contributed by atoms with Crippen LogP contribution in [0.25, 0.3) is 0 Å². The van der Waals surface area contributed by atoms with E-state index in [2.05, 4.69) is 10.2 Å². The third-order valence-corrected chi connectivity index (χ3v) is 4.42. The average molecular weight is 455 g/mol. The summed E-state index contributed by atoms with van der Waals surface area (Å²) in [5.41, 5.74) is 7.41. The van der Waals surface area contributed by atoms with E-state index in [0.717, 1.165) is 11.8 Å². The van der Waals surface area contributed by atoms with Crippen molar-refractivity contribution < 1.29 is 32.6 Å². The summed E-state index contributed by atoms with van der Waals surface area (Å²) in [7, 11) is -1.36. The van der Waals surface area contributed by atoms with E-state index in [-0.39, 0.29) is 33.6 Å². The lowest BCUT2D eigenvalue weighted by Gasteiger charge is -2.08. The van der Waals surface area contributed by atoms with Crippen LogP contribution in [0.2, 0.25) is 0 Å². The first-order chi connectivity index (χ1) is 14.5. The monoisotopic (exact) mass is 455 g/mol. The SMILES string of the molecule is COc1ccc(OC)c([N+](=O)[O-])c1/C=N/N=C(/N)NO.Cc1ccc(S(=O)(=O)O)cc1. The van der Waals surface area contributed by atoms with Gasteiger partial charge in [0.1, 0.15) is 11.3 Å². The van der Waals surface area contributed by atoms with Gasteiger partial charge in [-0.15, -0.1) is 5.10 Å². The molecule has 5 N–H and O–H groups in total. The first-order valence-electron chi connectivity index (χ1n) is 8.25. The number of rotatable bonds is 6. The predicted octanol–water partition coefficient (Wildman–Crippen LogP) is 1.48. The zero-order valence-electron chi connectivity index (χ0n) is 16.7. The topological polar surface area (TPSA) is 199 Å². The van der Waals surface area contributed by atoms with Gasteiger partial charge in [0, 0.05) is 0 Å². The number of benzene rings is 2. The molecule has 0 saturated heterocycles. The van der Waals surface area contributed by atoms with Crippen LogP contribution in [-0.4, -0.2) is 49.5 Å². The molecule has 13 nitrogen and oxygen atoms in total. The Morgan fingerprint density at radius 3 is 2.16 bits per heavy atom. The Kier molecular flexibility index (Phi) is 9.33. The largest absolute Gasteiger partial charge is 0.496 e. The summed E-state index contributed by atoms with van der Waals surface area (Å²) < 4.78 is 39.5. The van der Waals surface area contributed by atoms with Crippen molar-refractivity contribution in [3.8, 4) is 11.5 Å². The number of guanidine groups is 1. The summed E-state index contributed by atoms with van der Waals surface area (Å²) in [6.45, 7) is 1.84. The van der Waals surface area contributed by atoms with Crippen LogP contribution in [0.1, 0.15) is 11.1 Å². The van der Waals surface area contributed by atoms with E-state index in [4.69, 9.17) is 25.0 Å². The van der Waals surface area contributed by atoms with Crippen LogP contribution >= 0.6 is 0 Å². The third-order valence-electron chi connectivity index (χ3n) is 3.55. The number of hydroxylamine groups is 1. The summed E-state index contributed by atoms with van der Waals surface area (Å²) in [6.07, 6.45) is 1.07. The van der Waals surface area contributed by atoms with E-state index in [1.54, 1.807) is 17.6 Å². The zero-order valence-corrected chi connectivity index (χ0v) is 17.5. The molecular formula is C17H21N5O8S. The van der Waals surface area contributed by atoms with Gasteiger partial charge in [-0.1, -0.05) is 17.7 Å². The van der Waals surface area contributed by atoms with Crippen molar-refractivity contribution in [1.29, 1.82) is 0 Å². The number of hydrogen-bond donors (Lipinski definition) is 4. The fourth-order valence-electron chi connectivity index (χ4n) is 2.11. The molecule has 0 atom stereocenters. The minimum Gasteiger partial charge on any atom is -0.496 e. The van der Waals surface area contributed by atoms with Crippen molar-refractivity contribution in [2.24, 2.45) is 15.9 Å². The summed E-state index contributed by atoms with van der Waals surface area (Å²) in [6, 6.07) is 8.88. The lowest BCUT2D eigenvalue weighted by molar-refractivity contribution is -0.385. The molecule has 0 heterocycles. The Bertz CT molecular complexity index is 1070. The lowest BCUT2D eigenvalue weighted by atomic mass is 10.1. The molecule has 0 saturated carbocycles. The van der Waals surface area contributed by atoms with Crippen LogP contribution in [-0.2, 0) is 10.1 Å². The van der Waals surface area contributed by atoms with Crippen molar-refractivity contribution in [3.63, 3.8) is 0 Å². The van der Waals surface area contributed by atoms with Crippen LogP contribution in [0.15, 0.2) is 51.5 Å². The van der Waals surface area contributed by atoms with E-state index in [0.29, 0.717) is 0 Å². The molecule has 0 aliphatic carbocycles. The highest BCUT2D eigenvalue weighted by Gasteiger charge is 2.23. The molecule has 14 heteroatoms. The van der Waals surface area contributed by atoms with Crippen LogP contribution in [0.3, 0.4) is 0 Å². The molecule has 2 aromatic carbocycles. The molecule has 168 valence electrons. The summed E-state index contributed by atoms with van der Waals surface area (Å²) in [5, 5.41) is 26.4. The third kappa shape index (κ3) is 7.54. The number of methoxy groups -OCH3 is 2. The molecule has 2 rings (SSSR count). The molecule has 0 amide bonds. The molecular weight excluding hydrogens is 434 g/mol. The van der Waals surface area contributed by atoms with Gasteiger partial charge >= 0.3 is 5.69 Å². The lowest BCUT2D eigenvalue weighted by Crippen LogP contribution is -2.27. The Labute approximate surface area is 177 Å². The number of nitro benzene ring substituents is 1. The second-order valence-electron chi connectivity index (χ2n) is 5.62. The number of ether oxygens (including phenoxy) is 2. The maximum Gasteiger partial charge on any atom is 0.323 e. The van der Waals surface area contributed by atoms with Crippen molar-refractivity contribution in [1.82, 2.24) is 5.48 Å². The maximum absolute atomic E-state index is 11.1. The standard InChI is InChI=1S/C10H13N5O5.C7H8O3S/c1-19-7-3-4-8(20-2)9(15(17)18)6(7)5-12-13-10(11)14-16;1-6-2-4-7(5-3-6)11(8,9)10/h3-5,16H,1-2H3,(H3,11,13,14);2-5H,1H3,(H,8,9,10)/b12-5+;. The summed E-state index contributed by atoms with van der Waals surface area (Å²) >= 11 is 0. The number of nitro groups is 1. The predicted molar refractivity (Wildman–Crippen MR) is 111 cm³/mol. The number of aryl methyl sites for hydroxylation is 1. The smallest absolute Gasteiger partial charge is 0.323 e. The van der Waals surface area contributed by atoms with E-state index in [1.807, 2.05) is 6.92 Å². The van der Waals surface area contributed by atoms with Crippen LogP contribution in [0.4, 0.5) is 5.69 Å². The molecule has 0 aromatic heterocycles. The second kappa shape index (κ2) is 11.4. The van der Waals surface area contributed by atoms with Gasteiger partial charge in [-0.05, 0) is 31.2 Å². The number of nitrogens with zero attached hydrogens (tertiary/aromatic N) is 3. The highest BCUT2D eigenvalue weighted by atomic mass is 32.2. The molecule has 0 bridgehead atoms. The fraction of sp³-hybridized carbons (Fsp3) is 0.176. The molecule has 0 spiro atoms. The molecule has 2 aromatic rings. The van der Waals surface area contributed by atoms with Gasteiger partial charge in [-0.3, -0.25) is 19.9 Å². The first-order valence-corrected chi connectivity index (χ1v) is 9.69. The van der Waals surface area contributed by atoms with Crippen LogP contribution in [0.5, 0.6) is 11.5 Å². The molecule has 0 unspecified atom stereocenters. The Balaban J connectivity index is 0.000000367. The van der Waals surface area contributed by atoms with Crippen molar-refractivity contribution in [2.45, 2.75) is 11.8 Å². The first kappa shape index (κ1) is 25.3. The molecule has 0 aliphatic heterocycles. The fourth-order valence-corrected chi connectivity index (χ4v) is 2.59. The van der Waals surface area contributed by atoms with Gasteiger partial charge in [0.05, 0.1) is 30.3 Å². The number of nitrogens with one attached hydrogen (secondary N) is 1. The summed E-state index contributed by atoms with van der Waals surface area (Å²) in [5.74, 6) is -0.104. The normalized spacial score (nSPS) is 11.5. The van der Waals surface area contributed by atoms with Crippen molar-refractivity contribution in [2.75, 3.05) is 14.2 Å². The average Bonchev–Trinajstić information content (AvgIpc) is 2.72. The zero-order chi connectivity index (χ0) is 23.6. The highest BCUT2D eigenvalue weighted by molar-refractivity contribution is 7.85. The molecule has 0 aliphatic rings. The van der Waals surface area contributed by atoms with E-state index in [9.17, 15) is 18.5 Å². The Morgan fingerprint density at radius 1 is 1.16 bits per heavy atom. The minimum absolute atomic E-state index is 0.0504. The number of nitrogens with two attached hydrogens (primary N) is 1.